The van der Waals surface area contributed by atoms with E-state index in [2.05, 4.69) is 11.6 Å². The van der Waals surface area contributed by atoms with Crippen molar-refractivity contribution in [2.24, 2.45) is 4.99 Å². The fourth-order valence-corrected chi connectivity index (χ4v) is 0.901. The van der Waals surface area contributed by atoms with Gasteiger partial charge < -0.3 is 5.11 Å². The number of rotatable bonds is 4. The van der Waals surface area contributed by atoms with E-state index in [-0.39, 0.29) is 5.75 Å². The molecule has 0 aliphatic rings. The number of allylic oxidation sites excluding steroid dienone is 3. The van der Waals surface area contributed by atoms with Gasteiger partial charge in [-0.2, -0.15) is 0 Å². The molecule has 4 heteroatoms. The number of halogens is 1. The highest BCUT2D eigenvalue weighted by atomic mass is 19.1. The number of nitrogens with zero attached hydrogens (tertiary/aromatic N) is 1. The van der Waals surface area contributed by atoms with Gasteiger partial charge in [0, 0.05) is 6.21 Å². The molecular formula is C12H9FNO2-. The lowest BCUT2D eigenvalue weighted by Crippen LogP contribution is -1.91. The molecule has 0 aromatic heterocycles. The van der Waals surface area contributed by atoms with Gasteiger partial charge in [0.05, 0.1) is 5.69 Å². The monoisotopic (exact) mass is 218 g/mol. The van der Waals surface area contributed by atoms with Gasteiger partial charge in [0.25, 0.3) is 0 Å². The molecule has 16 heavy (non-hydrogen) atoms. The molecule has 0 unspecified atom stereocenters. The molecule has 0 bridgehead atoms. The molecule has 0 saturated heterocycles. The Morgan fingerprint density at radius 1 is 1.38 bits per heavy atom. The average Bonchev–Trinajstić information content (AvgIpc) is 2.30. The maximum Gasteiger partial charge on any atom is 0.213 e. The smallest absolute Gasteiger partial charge is 0.213 e. The van der Waals surface area contributed by atoms with Crippen LogP contribution in [-0.2, 0) is 4.79 Å². The van der Waals surface area contributed by atoms with Crippen molar-refractivity contribution < 1.29 is 14.3 Å². The Morgan fingerprint density at radius 3 is 2.56 bits per heavy atom. The van der Waals surface area contributed by atoms with E-state index in [0.717, 1.165) is 18.4 Å². The summed E-state index contributed by atoms with van der Waals surface area (Å²) in [4.78, 5) is 14.6. The lowest BCUT2D eigenvalue weighted by molar-refractivity contribution is -0.268. The highest BCUT2D eigenvalue weighted by Gasteiger charge is 2.00. The van der Waals surface area contributed by atoms with Crippen molar-refractivity contribution in [3.05, 3.63) is 48.8 Å². The van der Waals surface area contributed by atoms with Crippen LogP contribution in [0.25, 0.3) is 0 Å². The van der Waals surface area contributed by atoms with Gasteiger partial charge in [0.2, 0.25) is 5.78 Å². The largest absolute Gasteiger partial charge is 0.872 e. The summed E-state index contributed by atoms with van der Waals surface area (Å²) >= 11 is 0. The summed E-state index contributed by atoms with van der Waals surface area (Å²) in [5, 5.41) is 10.8. The van der Waals surface area contributed by atoms with Crippen LogP contribution in [0.4, 0.5) is 10.1 Å². The summed E-state index contributed by atoms with van der Waals surface area (Å²) in [6.45, 7) is 3.15. The topological polar surface area (TPSA) is 52.5 Å². The van der Waals surface area contributed by atoms with Gasteiger partial charge in [-0.15, -0.1) is 5.75 Å². The molecule has 0 spiro atoms. The molecule has 0 heterocycles. The first kappa shape index (κ1) is 11.8. The highest BCUT2D eigenvalue weighted by Crippen LogP contribution is 2.14. The predicted molar refractivity (Wildman–Crippen MR) is 58.4 cm³/mol. The lowest BCUT2D eigenvalue weighted by atomic mass is 10.3. The molecule has 82 valence electrons. The zero-order chi connectivity index (χ0) is 12.0. The van der Waals surface area contributed by atoms with Crippen LogP contribution < -0.4 is 5.11 Å². The van der Waals surface area contributed by atoms with Gasteiger partial charge in [0.1, 0.15) is 0 Å². The summed E-state index contributed by atoms with van der Waals surface area (Å²) in [5.41, 5.74) is 0.509. The first-order chi connectivity index (χ1) is 7.63. The van der Waals surface area contributed by atoms with E-state index in [1.54, 1.807) is 0 Å². The third-order valence-corrected chi connectivity index (χ3v) is 1.70. The van der Waals surface area contributed by atoms with Crippen LogP contribution >= 0.6 is 0 Å². The number of carbonyl (C=O) groups excluding carboxylic acids is 1. The van der Waals surface area contributed by atoms with Crippen molar-refractivity contribution in [3.8, 4) is 5.75 Å². The third-order valence-electron chi connectivity index (χ3n) is 1.70. The van der Waals surface area contributed by atoms with Crippen LogP contribution in [-0.4, -0.2) is 12.0 Å². The number of benzene rings is 1. The maximum atomic E-state index is 12.9. The Hall–Kier alpha value is -2.23. The van der Waals surface area contributed by atoms with Crippen LogP contribution in [0, 0.1) is 0 Å². The Kier molecular flexibility index (Phi) is 4.15. The van der Waals surface area contributed by atoms with E-state index >= 15 is 0 Å². The first-order valence-electron chi connectivity index (χ1n) is 4.47. The van der Waals surface area contributed by atoms with Crippen molar-refractivity contribution >= 4 is 17.7 Å². The van der Waals surface area contributed by atoms with Gasteiger partial charge in [-0.1, -0.05) is 18.7 Å². The Morgan fingerprint density at radius 2 is 2.00 bits per heavy atom. The van der Waals surface area contributed by atoms with Gasteiger partial charge in [-0.3, -0.25) is 9.79 Å². The second-order valence-electron chi connectivity index (χ2n) is 2.86. The molecule has 1 aromatic carbocycles. The van der Waals surface area contributed by atoms with E-state index in [1.807, 2.05) is 0 Å². The van der Waals surface area contributed by atoms with Crippen LogP contribution in [0.1, 0.15) is 0 Å². The summed E-state index contributed by atoms with van der Waals surface area (Å²) in [6, 6.07) is 5.70. The number of hydrogen-bond acceptors (Lipinski definition) is 3. The summed E-state index contributed by atoms with van der Waals surface area (Å²) < 4.78 is 12.9. The molecule has 0 radical (unpaired) electrons. The summed E-state index contributed by atoms with van der Waals surface area (Å²) in [5.74, 6) is -1.84. The minimum Gasteiger partial charge on any atom is -0.872 e. The molecule has 0 amide bonds. The SMILES string of the molecule is C=CC(=O)/C(F)=C/C=Nc1ccc([O-])cc1. The lowest BCUT2D eigenvalue weighted by Gasteiger charge is -2.02. The van der Waals surface area contributed by atoms with E-state index in [9.17, 15) is 14.3 Å². The predicted octanol–water partition coefficient (Wildman–Crippen LogP) is 2.07. The van der Waals surface area contributed by atoms with E-state index in [0.29, 0.717) is 5.69 Å². The average molecular weight is 218 g/mol. The van der Waals surface area contributed by atoms with Crippen LogP contribution in [0.3, 0.4) is 0 Å². The van der Waals surface area contributed by atoms with Crippen LogP contribution in [0.2, 0.25) is 0 Å². The minimum absolute atomic E-state index is 0.123. The van der Waals surface area contributed by atoms with E-state index in [1.165, 1.54) is 24.3 Å². The number of hydrogen-bond donors (Lipinski definition) is 0. The van der Waals surface area contributed by atoms with Gasteiger partial charge in [0.15, 0.2) is 5.83 Å². The third kappa shape index (κ3) is 3.49. The molecule has 0 saturated carbocycles. The maximum absolute atomic E-state index is 12.9. The molecule has 3 nitrogen and oxygen atoms in total. The fourth-order valence-electron chi connectivity index (χ4n) is 0.901. The number of aliphatic imine (C=N–C) groups is 1. The van der Waals surface area contributed by atoms with Crippen molar-refractivity contribution in [2.45, 2.75) is 0 Å². The van der Waals surface area contributed by atoms with Gasteiger partial charge >= 0.3 is 0 Å². The Balaban J connectivity index is 2.71. The summed E-state index contributed by atoms with van der Waals surface area (Å²) in [7, 11) is 0. The standard InChI is InChI=1S/C12H10FNO2/c1-2-12(16)11(13)7-8-14-9-3-5-10(15)6-4-9/h2-8,15H,1H2/p-1/b11-7-,14-8?. The van der Waals surface area contributed by atoms with E-state index in [4.69, 9.17) is 0 Å². The minimum atomic E-state index is -0.931. The van der Waals surface area contributed by atoms with Gasteiger partial charge in [-0.25, -0.2) is 4.39 Å². The zero-order valence-corrected chi connectivity index (χ0v) is 8.39. The van der Waals surface area contributed by atoms with Crippen molar-refractivity contribution in [1.82, 2.24) is 0 Å². The molecule has 0 aliphatic carbocycles. The Labute approximate surface area is 92.3 Å². The summed E-state index contributed by atoms with van der Waals surface area (Å²) in [6.07, 6.45) is 2.97. The van der Waals surface area contributed by atoms with Crippen molar-refractivity contribution in [1.29, 1.82) is 0 Å². The Bertz CT molecular complexity index is 447. The van der Waals surface area contributed by atoms with Gasteiger partial charge in [-0.05, 0) is 24.3 Å². The molecule has 0 fully saturated rings. The molecular weight excluding hydrogens is 209 g/mol. The first-order valence-corrected chi connectivity index (χ1v) is 4.47. The molecule has 0 atom stereocenters. The number of ketones is 1. The van der Waals surface area contributed by atoms with Crippen LogP contribution in [0.15, 0.2) is 53.8 Å². The number of carbonyl (C=O) groups is 1. The fraction of sp³-hybridized carbons (Fsp3) is 0. The molecule has 1 aromatic rings. The normalized spacial score (nSPS) is 11.7. The zero-order valence-electron chi connectivity index (χ0n) is 8.39. The second-order valence-corrected chi connectivity index (χ2v) is 2.86. The molecule has 0 N–H and O–H groups in total. The molecule has 1 rings (SSSR count). The van der Waals surface area contributed by atoms with Crippen molar-refractivity contribution in [2.75, 3.05) is 0 Å². The molecule has 0 aliphatic heterocycles. The quantitative estimate of drug-likeness (QED) is 0.573. The van der Waals surface area contributed by atoms with Crippen molar-refractivity contribution in [3.63, 3.8) is 0 Å². The van der Waals surface area contributed by atoms with E-state index < -0.39 is 11.6 Å². The highest BCUT2D eigenvalue weighted by molar-refractivity contribution is 6.04. The second kappa shape index (κ2) is 5.60. The van der Waals surface area contributed by atoms with Crippen LogP contribution in [0.5, 0.6) is 5.75 Å².